The van der Waals surface area contributed by atoms with Gasteiger partial charge in [0.2, 0.25) is 0 Å². The third-order valence-corrected chi connectivity index (χ3v) is 3.03. The average Bonchev–Trinajstić information content (AvgIpc) is 2.46. The van der Waals surface area contributed by atoms with Crippen molar-refractivity contribution in [2.75, 3.05) is 18.5 Å². The minimum absolute atomic E-state index is 0.0972. The van der Waals surface area contributed by atoms with Crippen molar-refractivity contribution in [1.29, 1.82) is 5.41 Å². The summed E-state index contributed by atoms with van der Waals surface area (Å²) in [4.78, 5) is 6.45. The van der Waals surface area contributed by atoms with Crippen molar-refractivity contribution in [3.8, 4) is 0 Å². The summed E-state index contributed by atoms with van der Waals surface area (Å²) in [6, 6.07) is 13.7. The van der Waals surface area contributed by atoms with E-state index in [-0.39, 0.29) is 5.84 Å². The molecule has 98 valence electrons. The molecule has 0 atom stereocenters. The molecular formula is C15H18N4. The minimum Gasteiger partial charge on any atom is -0.384 e. The summed E-state index contributed by atoms with van der Waals surface area (Å²) < 4.78 is 0. The van der Waals surface area contributed by atoms with E-state index in [0.717, 1.165) is 29.9 Å². The lowest BCUT2D eigenvalue weighted by molar-refractivity contribution is 0.852. The predicted molar refractivity (Wildman–Crippen MR) is 78.7 cm³/mol. The third-order valence-electron chi connectivity index (χ3n) is 3.03. The first-order chi connectivity index (χ1) is 9.16. The first kappa shape index (κ1) is 13.1. The lowest BCUT2D eigenvalue weighted by Crippen LogP contribution is -2.21. The van der Waals surface area contributed by atoms with Crippen LogP contribution in [0.5, 0.6) is 0 Å². The topological polar surface area (TPSA) is 66.0 Å². The summed E-state index contributed by atoms with van der Waals surface area (Å²) in [5.41, 5.74) is 8.39. The molecule has 3 N–H and O–H groups in total. The van der Waals surface area contributed by atoms with Gasteiger partial charge in [0.1, 0.15) is 5.84 Å². The number of amidine groups is 1. The first-order valence-corrected chi connectivity index (χ1v) is 6.22. The van der Waals surface area contributed by atoms with E-state index in [1.165, 1.54) is 0 Å². The number of aromatic nitrogens is 1. The monoisotopic (exact) mass is 254 g/mol. The number of anilines is 1. The van der Waals surface area contributed by atoms with Crippen molar-refractivity contribution < 1.29 is 0 Å². The van der Waals surface area contributed by atoms with E-state index >= 15 is 0 Å². The summed E-state index contributed by atoms with van der Waals surface area (Å²) in [6.07, 6.45) is 2.70. The number of likely N-dealkylation sites (N-methyl/N-ethyl adjacent to an activating group) is 1. The maximum atomic E-state index is 7.46. The second-order valence-electron chi connectivity index (χ2n) is 4.46. The van der Waals surface area contributed by atoms with Crippen LogP contribution in [0, 0.1) is 5.41 Å². The summed E-state index contributed by atoms with van der Waals surface area (Å²) in [5.74, 6) is 0.0972. The predicted octanol–water partition coefficient (Wildman–Crippen LogP) is 2.04. The third kappa shape index (κ3) is 3.55. The Bertz CT molecular complexity index is 551. The fourth-order valence-corrected chi connectivity index (χ4v) is 1.87. The maximum Gasteiger partial charge on any atom is 0.122 e. The minimum atomic E-state index is 0.0972. The highest BCUT2D eigenvalue weighted by Crippen LogP contribution is 2.14. The second kappa shape index (κ2) is 6.00. The van der Waals surface area contributed by atoms with E-state index in [9.17, 15) is 0 Å². The van der Waals surface area contributed by atoms with Crippen LogP contribution in [-0.2, 0) is 6.42 Å². The number of hydrogen-bond acceptors (Lipinski definition) is 3. The highest BCUT2D eigenvalue weighted by molar-refractivity contribution is 5.95. The quantitative estimate of drug-likeness (QED) is 0.634. The van der Waals surface area contributed by atoms with Crippen molar-refractivity contribution in [1.82, 2.24) is 4.98 Å². The van der Waals surface area contributed by atoms with Crippen LogP contribution in [0.25, 0.3) is 0 Å². The van der Waals surface area contributed by atoms with Gasteiger partial charge in [0.25, 0.3) is 0 Å². The van der Waals surface area contributed by atoms with Gasteiger partial charge < -0.3 is 10.6 Å². The molecule has 0 amide bonds. The zero-order chi connectivity index (χ0) is 13.7. The van der Waals surface area contributed by atoms with Gasteiger partial charge in [-0.3, -0.25) is 10.4 Å². The molecule has 0 saturated heterocycles. The normalized spacial score (nSPS) is 10.2. The molecule has 0 aliphatic rings. The van der Waals surface area contributed by atoms with Gasteiger partial charge >= 0.3 is 0 Å². The Labute approximate surface area is 113 Å². The lowest BCUT2D eigenvalue weighted by atomic mass is 10.1. The molecule has 0 fully saturated rings. The van der Waals surface area contributed by atoms with E-state index in [1.807, 2.05) is 55.7 Å². The van der Waals surface area contributed by atoms with Gasteiger partial charge in [0.05, 0.1) is 0 Å². The second-order valence-corrected chi connectivity index (χ2v) is 4.46. The van der Waals surface area contributed by atoms with Crippen LogP contribution in [0.2, 0.25) is 0 Å². The fourth-order valence-electron chi connectivity index (χ4n) is 1.87. The van der Waals surface area contributed by atoms with Crippen molar-refractivity contribution in [2.45, 2.75) is 6.42 Å². The largest absolute Gasteiger partial charge is 0.384 e. The molecule has 2 rings (SSSR count). The maximum absolute atomic E-state index is 7.46. The van der Waals surface area contributed by atoms with Crippen LogP contribution >= 0.6 is 0 Å². The van der Waals surface area contributed by atoms with Crippen LogP contribution in [0.4, 0.5) is 5.69 Å². The molecule has 1 heterocycles. The number of rotatable bonds is 5. The molecule has 4 heteroatoms. The van der Waals surface area contributed by atoms with Crippen LogP contribution < -0.4 is 10.6 Å². The van der Waals surface area contributed by atoms with E-state index in [1.54, 1.807) is 0 Å². The van der Waals surface area contributed by atoms with Gasteiger partial charge in [-0.05, 0) is 24.3 Å². The van der Waals surface area contributed by atoms with Crippen molar-refractivity contribution in [2.24, 2.45) is 5.73 Å². The number of pyridine rings is 1. The Kier molecular flexibility index (Phi) is 4.13. The molecule has 19 heavy (non-hydrogen) atoms. The highest BCUT2D eigenvalue weighted by Gasteiger charge is 2.04. The Morgan fingerprint density at radius 3 is 2.79 bits per heavy atom. The number of nitrogen functional groups attached to an aromatic ring is 1. The van der Waals surface area contributed by atoms with E-state index in [4.69, 9.17) is 11.1 Å². The molecule has 4 nitrogen and oxygen atoms in total. The van der Waals surface area contributed by atoms with Gasteiger partial charge in [0, 0.05) is 43.2 Å². The van der Waals surface area contributed by atoms with Gasteiger partial charge in [-0.25, -0.2) is 0 Å². The zero-order valence-corrected chi connectivity index (χ0v) is 11.0. The molecule has 1 aromatic heterocycles. The highest BCUT2D eigenvalue weighted by atomic mass is 15.1. The molecule has 0 radical (unpaired) electrons. The van der Waals surface area contributed by atoms with Gasteiger partial charge in [0.15, 0.2) is 0 Å². The summed E-state index contributed by atoms with van der Waals surface area (Å²) in [5, 5.41) is 7.46. The SMILES string of the molecule is CN(CCc1ccccn1)c1cccc(C(=N)N)c1. The lowest BCUT2D eigenvalue weighted by Gasteiger charge is -2.19. The molecule has 0 saturated carbocycles. The zero-order valence-electron chi connectivity index (χ0n) is 11.0. The van der Waals surface area contributed by atoms with Crippen molar-refractivity contribution >= 4 is 11.5 Å². The Balaban J connectivity index is 2.02. The van der Waals surface area contributed by atoms with E-state index < -0.39 is 0 Å². The number of nitrogens with one attached hydrogen (secondary N) is 1. The van der Waals surface area contributed by atoms with Crippen LogP contribution in [0.1, 0.15) is 11.3 Å². The van der Waals surface area contributed by atoms with Crippen LogP contribution in [-0.4, -0.2) is 24.4 Å². The smallest absolute Gasteiger partial charge is 0.122 e. The van der Waals surface area contributed by atoms with Gasteiger partial charge in [-0.1, -0.05) is 18.2 Å². The molecule has 0 aliphatic heterocycles. The van der Waals surface area contributed by atoms with E-state index in [2.05, 4.69) is 9.88 Å². The number of nitrogens with zero attached hydrogens (tertiary/aromatic N) is 2. The van der Waals surface area contributed by atoms with Crippen molar-refractivity contribution in [3.63, 3.8) is 0 Å². The molecule has 0 aliphatic carbocycles. The molecule has 0 spiro atoms. The number of benzene rings is 1. The Morgan fingerprint density at radius 2 is 2.11 bits per heavy atom. The molecule has 0 bridgehead atoms. The van der Waals surface area contributed by atoms with Crippen molar-refractivity contribution in [3.05, 3.63) is 59.9 Å². The number of nitrogens with two attached hydrogens (primary N) is 1. The summed E-state index contributed by atoms with van der Waals surface area (Å²) in [7, 11) is 2.03. The van der Waals surface area contributed by atoms with Crippen LogP contribution in [0.3, 0.4) is 0 Å². The molecule has 0 unspecified atom stereocenters. The standard InChI is InChI=1S/C15H18N4/c1-19(10-8-13-6-2-3-9-18-13)14-7-4-5-12(11-14)15(16)17/h2-7,9,11H,8,10H2,1H3,(H3,16,17). The molecular weight excluding hydrogens is 236 g/mol. The van der Waals surface area contributed by atoms with Crippen LogP contribution in [0.15, 0.2) is 48.7 Å². The Hall–Kier alpha value is -2.36. The molecule has 2 aromatic rings. The van der Waals surface area contributed by atoms with E-state index in [0.29, 0.717) is 0 Å². The first-order valence-electron chi connectivity index (χ1n) is 6.22. The van der Waals surface area contributed by atoms with Gasteiger partial charge in [-0.15, -0.1) is 0 Å². The average molecular weight is 254 g/mol. The molecule has 1 aromatic carbocycles. The Morgan fingerprint density at radius 1 is 1.26 bits per heavy atom. The summed E-state index contributed by atoms with van der Waals surface area (Å²) in [6.45, 7) is 0.873. The fraction of sp³-hybridized carbons (Fsp3) is 0.200. The summed E-state index contributed by atoms with van der Waals surface area (Å²) >= 11 is 0. The number of hydrogen-bond donors (Lipinski definition) is 2. The van der Waals surface area contributed by atoms with Gasteiger partial charge in [-0.2, -0.15) is 0 Å².